The minimum absolute atomic E-state index is 0.171. The first-order valence-electron chi connectivity index (χ1n) is 3.20. The number of rotatable bonds is 2. The van der Waals surface area contributed by atoms with Gasteiger partial charge in [0.05, 0.1) is 6.04 Å². The lowest BCUT2D eigenvalue weighted by molar-refractivity contribution is -0.130. The average Bonchev–Trinajstić information content (AvgIpc) is 1.96. The molecule has 1 heterocycles. The SMILES string of the molecule is NC(=O)NC[C@@H]1NC(=O)[C@@H]1N. The maximum absolute atomic E-state index is 10.5. The molecule has 0 spiro atoms. The zero-order valence-electron chi connectivity index (χ0n) is 5.83. The summed E-state index contributed by atoms with van der Waals surface area (Å²) in [6.07, 6.45) is 0. The predicted octanol–water partition coefficient (Wildman–Crippen LogP) is -2.52. The largest absolute Gasteiger partial charge is 0.352 e. The lowest BCUT2D eigenvalue weighted by Gasteiger charge is -2.33. The van der Waals surface area contributed by atoms with Crippen molar-refractivity contribution in [3.63, 3.8) is 0 Å². The molecule has 62 valence electrons. The van der Waals surface area contributed by atoms with Gasteiger partial charge in [0.1, 0.15) is 6.04 Å². The molecule has 0 aromatic heterocycles. The van der Waals surface area contributed by atoms with Crippen LogP contribution in [0.3, 0.4) is 0 Å². The number of hydrogen-bond donors (Lipinski definition) is 4. The second-order valence-corrected chi connectivity index (χ2v) is 2.39. The fraction of sp³-hybridized carbons (Fsp3) is 0.600. The van der Waals surface area contributed by atoms with E-state index < -0.39 is 12.1 Å². The van der Waals surface area contributed by atoms with Gasteiger partial charge < -0.3 is 22.1 Å². The number of amides is 3. The van der Waals surface area contributed by atoms with Crippen molar-refractivity contribution < 1.29 is 9.59 Å². The summed E-state index contributed by atoms with van der Waals surface area (Å²) in [5.74, 6) is -0.193. The molecule has 0 saturated carbocycles. The molecule has 0 bridgehead atoms. The van der Waals surface area contributed by atoms with E-state index in [-0.39, 0.29) is 11.9 Å². The maximum Gasteiger partial charge on any atom is 0.312 e. The second-order valence-electron chi connectivity index (χ2n) is 2.39. The van der Waals surface area contributed by atoms with Crippen molar-refractivity contribution in [2.24, 2.45) is 11.5 Å². The Bertz CT molecular complexity index is 193. The van der Waals surface area contributed by atoms with Crippen LogP contribution < -0.4 is 22.1 Å². The molecule has 0 radical (unpaired) electrons. The highest BCUT2D eigenvalue weighted by Crippen LogP contribution is 2.00. The molecule has 1 fully saturated rings. The summed E-state index contributed by atoms with van der Waals surface area (Å²) < 4.78 is 0. The molecule has 6 heteroatoms. The molecule has 3 amide bonds. The highest BCUT2D eigenvalue weighted by atomic mass is 16.2. The van der Waals surface area contributed by atoms with Crippen LogP contribution >= 0.6 is 0 Å². The number of β-lactam (4-membered cyclic amide) rings is 1. The van der Waals surface area contributed by atoms with Gasteiger partial charge in [0.15, 0.2) is 0 Å². The fourth-order valence-electron chi connectivity index (χ4n) is 0.844. The van der Waals surface area contributed by atoms with E-state index in [4.69, 9.17) is 11.5 Å². The second kappa shape index (κ2) is 2.75. The van der Waals surface area contributed by atoms with Crippen LogP contribution in [-0.4, -0.2) is 30.6 Å². The molecule has 6 N–H and O–H groups in total. The summed E-state index contributed by atoms with van der Waals surface area (Å²) in [6, 6.07) is -1.30. The number of carbonyl (C=O) groups excluding carboxylic acids is 2. The smallest absolute Gasteiger partial charge is 0.312 e. The Morgan fingerprint density at radius 1 is 1.73 bits per heavy atom. The van der Waals surface area contributed by atoms with Gasteiger partial charge in [-0.05, 0) is 0 Å². The van der Waals surface area contributed by atoms with Gasteiger partial charge in [-0.15, -0.1) is 0 Å². The zero-order valence-corrected chi connectivity index (χ0v) is 5.83. The van der Waals surface area contributed by atoms with E-state index in [0.717, 1.165) is 0 Å². The van der Waals surface area contributed by atoms with Gasteiger partial charge in [-0.1, -0.05) is 0 Å². The Morgan fingerprint density at radius 2 is 2.36 bits per heavy atom. The molecule has 0 unspecified atom stereocenters. The highest BCUT2D eigenvalue weighted by Gasteiger charge is 2.35. The van der Waals surface area contributed by atoms with Crippen LogP contribution in [0.2, 0.25) is 0 Å². The monoisotopic (exact) mass is 158 g/mol. The van der Waals surface area contributed by atoms with Crippen molar-refractivity contribution in [2.45, 2.75) is 12.1 Å². The summed E-state index contributed by atoms with van der Waals surface area (Å²) in [4.78, 5) is 20.7. The first-order valence-corrected chi connectivity index (χ1v) is 3.20. The number of primary amides is 1. The molecule has 6 nitrogen and oxygen atoms in total. The topological polar surface area (TPSA) is 110 Å². The number of urea groups is 1. The summed E-state index contributed by atoms with van der Waals surface area (Å²) in [7, 11) is 0. The highest BCUT2D eigenvalue weighted by molar-refractivity contribution is 5.89. The van der Waals surface area contributed by atoms with Crippen LogP contribution in [-0.2, 0) is 4.79 Å². The molecule has 0 aliphatic carbocycles. The molecule has 1 saturated heterocycles. The summed E-state index contributed by atoms with van der Waals surface area (Å²) >= 11 is 0. The summed E-state index contributed by atoms with van der Waals surface area (Å²) in [6.45, 7) is 0.294. The minimum Gasteiger partial charge on any atom is -0.352 e. The number of hydrogen-bond acceptors (Lipinski definition) is 3. The standard InChI is InChI=1S/C5H10N4O2/c6-3-2(9-4(3)10)1-8-5(7)11/h2-3H,1,6H2,(H,9,10)(H3,7,8,11)/t2-,3+/m0/s1. The molecule has 11 heavy (non-hydrogen) atoms. The van der Waals surface area contributed by atoms with Gasteiger partial charge >= 0.3 is 6.03 Å². The molecule has 0 aromatic rings. The van der Waals surface area contributed by atoms with E-state index in [0.29, 0.717) is 6.54 Å². The van der Waals surface area contributed by atoms with Gasteiger partial charge in [0.25, 0.3) is 0 Å². The van der Waals surface area contributed by atoms with Gasteiger partial charge in [-0.2, -0.15) is 0 Å². The molecule has 1 rings (SSSR count). The van der Waals surface area contributed by atoms with Crippen LogP contribution in [0.4, 0.5) is 4.79 Å². The molecule has 1 aliphatic heterocycles. The lowest BCUT2D eigenvalue weighted by Crippen LogP contribution is -2.69. The van der Waals surface area contributed by atoms with Crippen molar-refractivity contribution in [1.29, 1.82) is 0 Å². The van der Waals surface area contributed by atoms with Gasteiger partial charge in [0.2, 0.25) is 5.91 Å². The normalized spacial score (nSPS) is 28.6. The Labute approximate surface area is 63.3 Å². The lowest BCUT2D eigenvalue weighted by atomic mass is 10.0. The van der Waals surface area contributed by atoms with Crippen LogP contribution in [0.15, 0.2) is 0 Å². The summed E-state index contributed by atoms with van der Waals surface area (Å²) in [5, 5.41) is 4.86. The molecule has 1 aliphatic rings. The maximum atomic E-state index is 10.5. The van der Waals surface area contributed by atoms with Crippen LogP contribution in [0.25, 0.3) is 0 Å². The van der Waals surface area contributed by atoms with Gasteiger partial charge in [0, 0.05) is 6.54 Å². The van der Waals surface area contributed by atoms with E-state index in [9.17, 15) is 9.59 Å². The van der Waals surface area contributed by atoms with E-state index in [1.807, 2.05) is 0 Å². The first kappa shape index (κ1) is 7.80. The van der Waals surface area contributed by atoms with E-state index >= 15 is 0 Å². The number of carbonyl (C=O) groups is 2. The van der Waals surface area contributed by atoms with Gasteiger partial charge in [-0.25, -0.2) is 4.79 Å². The van der Waals surface area contributed by atoms with Crippen molar-refractivity contribution in [2.75, 3.05) is 6.54 Å². The van der Waals surface area contributed by atoms with Crippen molar-refractivity contribution >= 4 is 11.9 Å². The molecular formula is C5H10N4O2. The fourth-order valence-corrected chi connectivity index (χ4v) is 0.844. The number of nitrogens with two attached hydrogens (primary N) is 2. The Morgan fingerprint density at radius 3 is 2.73 bits per heavy atom. The Balaban J connectivity index is 2.20. The minimum atomic E-state index is -0.613. The third kappa shape index (κ3) is 1.58. The Kier molecular flexibility index (Phi) is 1.95. The molecular weight excluding hydrogens is 148 g/mol. The first-order chi connectivity index (χ1) is 5.11. The third-order valence-electron chi connectivity index (χ3n) is 1.56. The number of nitrogens with one attached hydrogen (secondary N) is 2. The van der Waals surface area contributed by atoms with Crippen LogP contribution in [0.1, 0.15) is 0 Å². The quantitative estimate of drug-likeness (QED) is 0.333. The third-order valence-corrected chi connectivity index (χ3v) is 1.56. The van der Waals surface area contributed by atoms with Crippen LogP contribution in [0, 0.1) is 0 Å². The molecule has 2 atom stereocenters. The van der Waals surface area contributed by atoms with Crippen molar-refractivity contribution in [1.82, 2.24) is 10.6 Å². The average molecular weight is 158 g/mol. The molecule has 0 aromatic carbocycles. The van der Waals surface area contributed by atoms with Crippen molar-refractivity contribution in [3.8, 4) is 0 Å². The summed E-state index contributed by atoms with van der Waals surface area (Å²) in [5.41, 5.74) is 10.1. The zero-order chi connectivity index (χ0) is 8.43. The van der Waals surface area contributed by atoms with E-state index in [1.54, 1.807) is 0 Å². The van der Waals surface area contributed by atoms with E-state index in [2.05, 4.69) is 10.6 Å². The Hall–Kier alpha value is -1.30. The van der Waals surface area contributed by atoms with Crippen molar-refractivity contribution in [3.05, 3.63) is 0 Å². The predicted molar refractivity (Wildman–Crippen MR) is 37.5 cm³/mol. The van der Waals surface area contributed by atoms with Gasteiger partial charge in [-0.3, -0.25) is 4.79 Å². The van der Waals surface area contributed by atoms with E-state index in [1.165, 1.54) is 0 Å². The van der Waals surface area contributed by atoms with Crippen LogP contribution in [0.5, 0.6) is 0 Å².